The van der Waals surface area contributed by atoms with Gasteiger partial charge in [-0.25, -0.2) is 9.78 Å². The third-order valence-electron chi connectivity index (χ3n) is 3.78. The van der Waals surface area contributed by atoms with E-state index in [-0.39, 0.29) is 0 Å². The standard InChI is InChI=1S/C15H17N5O2/c16-13(21)11-3-4-18-8-12(11)10-6-9-2-1-5-20(15(17)22)14(9)19-7-10/h3-4,6-8,13,21H,1-2,5,16H2,(H2,17,22). The van der Waals surface area contributed by atoms with Gasteiger partial charge in [-0.3, -0.25) is 9.88 Å². The van der Waals surface area contributed by atoms with Crippen molar-refractivity contribution in [3.63, 3.8) is 0 Å². The first-order chi connectivity index (χ1) is 10.6. The highest BCUT2D eigenvalue weighted by atomic mass is 16.3. The van der Waals surface area contributed by atoms with E-state index < -0.39 is 12.3 Å². The molecule has 1 aliphatic rings. The molecule has 0 aromatic carbocycles. The number of aromatic nitrogens is 2. The Balaban J connectivity index is 2.07. The lowest BCUT2D eigenvalue weighted by atomic mass is 9.98. The van der Waals surface area contributed by atoms with Gasteiger partial charge >= 0.3 is 6.03 Å². The highest BCUT2D eigenvalue weighted by Gasteiger charge is 2.23. The Morgan fingerprint density at radius 1 is 1.41 bits per heavy atom. The molecule has 2 aromatic rings. The lowest BCUT2D eigenvalue weighted by Gasteiger charge is -2.27. The summed E-state index contributed by atoms with van der Waals surface area (Å²) in [6.07, 6.45) is 5.43. The molecule has 22 heavy (non-hydrogen) atoms. The van der Waals surface area contributed by atoms with Crippen molar-refractivity contribution < 1.29 is 9.90 Å². The summed E-state index contributed by atoms with van der Waals surface area (Å²) in [5.74, 6) is 0.598. The molecule has 1 aliphatic heterocycles. The van der Waals surface area contributed by atoms with Crippen LogP contribution in [0.25, 0.3) is 11.1 Å². The van der Waals surface area contributed by atoms with Crippen LogP contribution in [0.5, 0.6) is 0 Å². The number of pyridine rings is 2. The van der Waals surface area contributed by atoms with E-state index in [9.17, 15) is 9.90 Å². The van der Waals surface area contributed by atoms with Crippen molar-refractivity contribution in [3.05, 3.63) is 41.9 Å². The second kappa shape index (κ2) is 5.70. The summed E-state index contributed by atoms with van der Waals surface area (Å²) in [6.45, 7) is 0.578. The van der Waals surface area contributed by atoms with Crippen LogP contribution in [0, 0.1) is 0 Å². The van der Waals surface area contributed by atoms with Crippen LogP contribution in [-0.2, 0) is 6.42 Å². The molecule has 7 heteroatoms. The fourth-order valence-electron chi connectivity index (χ4n) is 2.73. The Morgan fingerprint density at radius 3 is 2.95 bits per heavy atom. The normalized spacial score (nSPS) is 15.3. The minimum Gasteiger partial charge on any atom is -0.375 e. The summed E-state index contributed by atoms with van der Waals surface area (Å²) in [4.78, 5) is 21.4. The molecule has 0 saturated heterocycles. The largest absolute Gasteiger partial charge is 0.375 e. The molecule has 0 radical (unpaired) electrons. The van der Waals surface area contributed by atoms with Crippen molar-refractivity contribution >= 4 is 11.8 Å². The van der Waals surface area contributed by atoms with Crippen LogP contribution >= 0.6 is 0 Å². The number of primary amides is 1. The summed E-state index contributed by atoms with van der Waals surface area (Å²) < 4.78 is 0. The lowest BCUT2D eigenvalue weighted by molar-refractivity contribution is 0.187. The number of hydrogen-bond acceptors (Lipinski definition) is 5. The summed E-state index contributed by atoms with van der Waals surface area (Å²) in [5.41, 5.74) is 14.0. The van der Waals surface area contributed by atoms with E-state index in [2.05, 4.69) is 9.97 Å². The fourth-order valence-corrected chi connectivity index (χ4v) is 2.73. The molecule has 1 unspecified atom stereocenters. The maximum atomic E-state index is 11.5. The van der Waals surface area contributed by atoms with Crippen LogP contribution in [0.15, 0.2) is 30.7 Å². The number of aliphatic hydroxyl groups is 1. The maximum Gasteiger partial charge on any atom is 0.320 e. The van der Waals surface area contributed by atoms with E-state index in [1.807, 2.05) is 6.07 Å². The molecule has 3 rings (SSSR count). The molecular weight excluding hydrogens is 282 g/mol. The number of carbonyl (C=O) groups is 1. The van der Waals surface area contributed by atoms with Gasteiger partial charge in [-0.2, -0.15) is 0 Å². The number of anilines is 1. The molecule has 0 aliphatic carbocycles. The molecule has 2 amide bonds. The number of urea groups is 1. The first kappa shape index (κ1) is 14.4. The van der Waals surface area contributed by atoms with E-state index in [0.717, 1.165) is 29.5 Å². The van der Waals surface area contributed by atoms with E-state index in [1.54, 1.807) is 24.7 Å². The van der Waals surface area contributed by atoms with Gasteiger partial charge in [0, 0.05) is 41.8 Å². The quantitative estimate of drug-likeness (QED) is 0.713. The molecule has 7 nitrogen and oxygen atoms in total. The molecule has 3 heterocycles. The Kier molecular flexibility index (Phi) is 3.74. The second-order valence-corrected chi connectivity index (χ2v) is 5.21. The van der Waals surface area contributed by atoms with Crippen LogP contribution in [0.2, 0.25) is 0 Å². The highest BCUT2D eigenvalue weighted by molar-refractivity contribution is 5.91. The van der Waals surface area contributed by atoms with Crippen molar-refractivity contribution in [2.75, 3.05) is 11.4 Å². The molecule has 0 saturated carbocycles. The lowest BCUT2D eigenvalue weighted by Crippen LogP contribution is -2.40. The molecule has 0 spiro atoms. The fraction of sp³-hybridized carbons (Fsp3) is 0.267. The van der Waals surface area contributed by atoms with Crippen molar-refractivity contribution in [3.8, 4) is 11.1 Å². The first-order valence-corrected chi connectivity index (χ1v) is 7.01. The molecule has 0 fully saturated rings. The zero-order valence-electron chi connectivity index (χ0n) is 11.9. The molecule has 0 bridgehead atoms. The average Bonchev–Trinajstić information content (AvgIpc) is 2.53. The summed E-state index contributed by atoms with van der Waals surface area (Å²) >= 11 is 0. The number of amides is 2. The van der Waals surface area contributed by atoms with Gasteiger partial charge in [0.2, 0.25) is 0 Å². The molecule has 114 valence electrons. The van der Waals surface area contributed by atoms with Gasteiger partial charge in [0.05, 0.1) is 0 Å². The average molecular weight is 299 g/mol. The number of aliphatic hydroxyl groups excluding tert-OH is 1. The third-order valence-corrected chi connectivity index (χ3v) is 3.78. The Hall–Kier alpha value is -2.51. The molecule has 2 aromatic heterocycles. The summed E-state index contributed by atoms with van der Waals surface area (Å²) in [5, 5.41) is 9.68. The van der Waals surface area contributed by atoms with Crippen LogP contribution in [0.4, 0.5) is 10.6 Å². The monoisotopic (exact) mass is 299 g/mol. The van der Waals surface area contributed by atoms with Gasteiger partial charge in [0.15, 0.2) is 0 Å². The summed E-state index contributed by atoms with van der Waals surface area (Å²) in [7, 11) is 0. The summed E-state index contributed by atoms with van der Waals surface area (Å²) in [6, 6.07) is 3.12. The SMILES string of the molecule is NC(=O)N1CCCc2cc(-c3cnccc3C(N)O)cnc21. The van der Waals surface area contributed by atoms with Gasteiger partial charge in [-0.1, -0.05) is 0 Å². The van der Waals surface area contributed by atoms with Gasteiger partial charge < -0.3 is 16.6 Å². The van der Waals surface area contributed by atoms with Gasteiger partial charge in [-0.15, -0.1) is 0 Å². The molecule has 5 N–H and O–H groups in total. The topological polar surface area (TPSA) is 118 Å². The Morgan fingerprint density at radius 2 is 2.23 bits per heavy atom. The van der Waals surface area contributed by atoms with Crippen LogP contribution in [0.3, 0.4) is 0 Å². The van der Waals surface area contributed by atoms with Crippen molar-refractivity contribution in [2.24, 2.45) is 11.5 Å². The number of carbonyl (C=O) groups excluding carboxylic acids is 1. The van der Waals surface area contributed by atoms with Crippen molar-refractivity contribution in [2.45, 2.75) is 19.1 Å². The third kappa shape index (κ3) is 2.51. The maximum absolute atomic E-state index is 11.5. The molecule has 1 atom stereocenters. The van der Waals surface area contributed by atoms with E-state index in [4.69, 9.17) is 11.5 Å². The number of hydrogen-bond donors (Lipinski definition) is 3. The van der Waals surface area contributed by atoms with E-state index >= 15 is 0 Å². The number of rotatable bonds is 2. The van der Waals surface area contributed by atoms with Crippen LogP contribution < -0.4 is 16.4 Å². The first-order valence-electron chi connectivity index (χ1n) is 7.01. The second-order valence-electron chi connectivity index (χ2n) is 5.21. The van der Waals surface area contributed by atoms with Gasteiger partial charge in [-0.05, 0) is 30.5 Å². The van der Waals surface area contributed by atoms with Crippen LogP contribution in [0.1, 0.15) is 23.8 Å². The minimum absolute atomic E-state index is 0.499. The smallest absolute Gasteiger partial charge is 0.320 e. The number of nitrogens with two attached hydrogens (primary N) is 2. The number of nitrogens with zero attached hydrogens (tertiary/aromatic N) is 3. The van der Waals surface area contributed by atoms with Crippen LogP contribution in [-0.4, -0.2) is 27.7 Å². The highest BCUT2D eigenvalue weighted by Crippen LogP contribution is 2.31. The number of aryl methyl sites for hydroxylation is 1. The zero-order valence-corrected chi connectivity index (χ0v) is 11.9. The number of fused-ring (bicyclic) bond motifs is 1. The minimum atomic E-state index is -1.09. The predicted octanol–water partition coefficient (Wildman–Crippen LogP) is 0.924. The van der Waals surface area contributed by atoms with Gasteiger partial charge in [0.25, 0.3) is 0 Å². The Bertz CT molecular complexity index is 717. The Labute approximate surface area is 127 Å². The predicted molar refractivity (Wildman–Crippen MR) is 81.9 cm³/mol. The van der Waals surface area contributed by atoms with Crippen molar-refractivity contribution in [1.82, 2.24) is 9.97 Å². The van der Waals surface area contributed by atoms with E-state index in [1.165, 1.54) is 4.90 Å². The zero-order chi connectivity index (χ0) is 15.7. The van der Waals surface area contributed by atoms with E-state index in [0.29, 0.717) is 17.9 Å². The van der Waals surface area contributed by atoms with Crippen molar-refractivity contribution in [1.29, 1.82) is 0 Å². The van der Waals surface area contributed by atoms with Gasteiger partial charge in [0.1, 0.15) is 12.0 Å². The molecular formula is C15H17N5O2.